The maximum absolute atomic E-state index is 12.3. The van der Waals surface area contributed by atoms with Crippen LogP contribution in [-0.4, -0.2) is 21.6 Å². The third-order valence-corrected chi connectivity index (χ3v) is 3.27. The second-order valence-corrected chi connectivity index (χ2v) is 4.72. The van der Waals surface area contributed by atoms with Gasteiger partial charge >= 0.3 is 11.1 Å². The van der Waals surface area contributed by atoms with Gasteiger partial charge in [0.1, 0.15) is 5.69 Å². The van der Waals surface area contributed by atoms with Gasteiger partial charge in [-0.1, -0.05) is 11.6 Å². The standard InChI is InChI=1S/C14H10ClN3O3/c1-21-13-10(3-2-6-16-13)18-11-7-8(15)4-5-9(11)17-12(19)14(18)20/h2-7H,1H3,(H,17,19). The predicted octanol–water partition coefficient (Wildman–Crippen LogP) is 1.74. The summed E-state index contributed by atoms with van der Waals surface area (Å²) in [6.07, 6.45) is 1.54. The second-order valence-electron chi connectivity index (χ2n) is 4.29. The smallest absolute Gasteiger partial charge is 0.321 e. The number of hydrogen-bond acceptors (Lipinski definition) is 4. The van der Waals surface area contributed by atoms with Crippen molar-refractivity contribution in [3.8, 4) is 11.6 Å². The van der Waals surface area contributed by atoms with Crippen LogP contribution in [0.1, 0.15) is 0 Å². The van der Waals surface area contributed by atoms with E-state index in [1.165, 1.54) is 17.9 Å². The number of aromatic amines is 1. The van der Waals surface area contributed by atoms with Crippen LogP contribution < -0.4 is 15.9 Å². The summed E-state index contributed by atoms with van der Waals surface area (Å²) in [6.45, 7) is 0. The van der Waals surface area contributed by atoms with Crippen molar-refractivity contribution >= 4 is 22.6 Å². The Morgan fingerprint density at radius 3 is 2.86 bits per heavy atom. The minimum atomic E-state index is -0.726. The Morgan fingerprint density at radius 1 is 1.29 bits per heavy atom. The molecule has 0 spiro atoms. The first kappa shape index (κ1) is 13.4. The first-order valence-electron chi connectivity index (χ1n) is 6.06. The van der Waals surface area contributed by atoms with Crippen LogP contribution in [0.3, 0.4) is 0 Å². The topological polar surface area (TPSA) is 77.0 Å². The highest BCUT2D eigenvalue weighted by Gasteiger charge is 2.14. The third-order valence-electron chi connectivity index (χ3n) is 3.03. The van der Waals surface area contributed by atoms with Gasteiger partial charge in [-0.3, -0.25) is 14.2 Å². The molecule has 106 valence electrons. The van der Waals surface area contributed by atoms with Gasteiger partial charge in [0.25, 0.3) is 0 Å². The van der Waals surface area contributed by atoms with Crippen LogP contribution in [0.15, 0.2) is 46.1 Å². The van der Waals surface area contributed by atoms with Gasteiger partial charge < -0.3 is 9.72 Å². The minimum absolute atomic E-state index is 0.242. The predicted molar refractivity (Wildman–Crippen MR) is 79.5 cm³/mol. The first-order chi connectivity index (χ1) is 10.1. The summed E-state index contributed by atoms with van der Waals surface area (Å²) in [4.78, 5) is 30.7. The van der Waals surface area contributed by atoms with E-state index in [9.17, 15) is 9.59 Å². The van der Waals surface area contributed by atoms with Crippen LogP contribution in [-0.2, 0) is 0 Å². The number of rotatable bonds is 2. The molecular weight excluding hydrogens is 294 g/mol. The van der Waals surface area contributed by atoms with Crippen molar-refractivity contribution in [1.29, 1.82) is 0 Å². The zero-order valence-corrected chi connectivity index (χ0v) is 11.7. The molecule has 0 atom stereocenters. The molecule has 3 aromatic rings. The van der Waals surface area contributed by atoms with Gasteiger partial charge in [-0.15, -0.1) is 0 Å². The van der Waals surface area contributed by atoms with E-state index in [0.717, 1.165) is 0 Å². The zero-order valence-electron chi connectivity index (χ0n) is 11.0. The number of halogens is 1. The Balaban J connectivity index is 2.51. The number of benzene rings is 1. The van der Waals surface area contributed by atoms with Gasteiger partial charge in [0.05, 0.1) is 18.1 Å². The first-order valence-corrected chi connectivity index (χ1v) is 6.43. The van der Waals surface area contributed by atoms with Gasteiger partial charge in [-0.05, 0) is 30.3 Å². The fourth-order valence-electron chi connectivity index (χ4n) is 2.13. The van der Waals surface area contributed by atoms with Crippen LogP contribution >= 0.6 is 11.6 Å². The molecule has 1 N–H and O–H groups in total. The normalized spacial score (nSPS) is 10.8. The van der Waals surface area contributed by atoms with Crippen LogP contribution in [0, 0.1) is 0 Å². The highest BCUT2D eigenvalue weighted by Crippen LogP contribution is 2.23. The minimum Gasteiger partial charge on any atom is -0.480 e. The van der Waals surface area contributed by atoms with Gasteiger partial charge in [0.2, 0.25) is 5.88 Å². The van der Waals surface area contributed by atoms with Crippen molar-refractivity contribution in [1.82, 2.24) is 14.5 Å². The quantitative estimate of drug-likeness (QED) is 0.732. The molecule has 7 heteroatoms. The average Bonchev–Trinajstić information content (AvgIpc) is 2.49. The van der Waals surface area contributed by atoms with E-state index in [-0.39, 0.29) is 5.88 Å². The number of methoxy groups -OCH3 is 1. The lowest BCUT2D eigenvalue weighted by Crippen LogP contribution is -2.35. The summed E-state index contributed by atoms with van der Waals surface area (Å²) in [5.41, 5.74) is -0.108. The van der Waals surface area contributed by atoms with Crippen molar-refractivity contribution in [2.45, 2.75) is 0 Å². The molecule has 0 saturated heterocycles. The molecule has 21 heavy (non-hydrogen) atoms. The third kappa shape index (κ3) is 2.19. The second kappa shape index (κ2) is 5.06. The van der Waals surface area contributed by atoms with Gasteiger partial charge in [-0.25, -0.2) is 4.98 Å². The van der Waals surface area contributed by atoms with Crippen LogP contribution in [0.4, 0.5) is 0 Å². The van der Waals surface area contributed by atoms with Crippen LogP contribution in [0.5, 0.6) is 5.88 Å². The number of nitrogens with one attached hydrogen (secondary N) is 1. The summed E-state index contributed by atoms with van der Waals surface area (Å²) < 4.78 is 6.40. The lowest BCUT2D eigenvalue weighted by molar-refractivity contribution is 0.396. The van der Waals surface area contributed by atoms with Gasteiger partial charge in [-0.2, -0.15) is 0 Å². The number of H-pyrrole nitrogens is 1. The van der Waals surface area contributed by atoms with Crippen LogP contribution in [0.25, 0.3) is 16.7 Å². The lowest BCUT2D eigenvalue weighted by atomic mass is 10.2. The zero-order chi connectivity index (χ0) is 15.0. The van der Waals surface area contributed by atoms with E-state index in [1.54, 1.807) is 30.3 Å². The molecule has 0 fully saturated rings. The fourth-order valence-corrected chi connectivity index (χ4v) is 2.30. The Labute approximate surface area is 123 Å². The van der Waals surface area contributed by atoms with Crippen molar-refractivity contribution in [2.24, 2.45) is 0 Å². The molecule has 3 rings (SSSR count). The van der Waals surface area contributed by atoms with Crippen molar-refractivity contribution in [3.63, 3.8) is 0 Å². The maximum Gasteiger partial charge on any atom is 0.321 e. The van der Waals surface area contributed by atoms with Gasteiger partial charge in [0, 0.05) is 11.2 Å². The molecule has 2 aromatic heterocycles. The van der Waals surface area contributed by atoms with E-state index in [1.807, 2.05) is 0 Å². The molecule has 0 aliphatic rings. The highest BCUT2D eigenvalue weighted by atomic mass is 35.5. The van der Waals surface area contributed by atoms with Crippen molar-refractivity contribution in [2.75, 3.05) is 7.11 Å². The number of nitrogens with zero attached hydrogens (tertiary/aromatic N) is 2. The number of hydrogen-bond donors (Lipinski definition) is 1. The molecule has 0 unspecified atom stereocenters. The van der Waals surface area contributed by atoms with E-state index in [2.05, 4.69) is 9.97 Å². The molecule has 0 bridgehead atoms. The molecule has 0 aliphatic heterocycles. The van der Waals surface area contributed by atoms with E-state index in [0.29, 0.717) is 21.7 Å². The number of pyridine rings is 1. The Kier molecular flexibility index (Phi) is 3.23. The maximum atomic E-state index is 12.3. The number of aromatic nitrogens is 3. The monoisotopic (exact) mass is 303 g/mol. The molecule has 0 amide bonds. The number of ether oxygens (including phenoxy) is 1. The van der Waals surface area contributed by atoms with Crippen molar-refractivity contribution in [3.05, 3.63) is 62.3 Å². The summed E-state index contributed by atoms with van der Waals surface area (Å²) in [6, 6.07) is 8.17. The summed E-state index contributed by atoms with van der Waals surface area (Å²) >= 11 is 5.99. The highest BCUT2D eigenvalue weighted by molar-refractivity contribution is 6.31. The Morgan fingerprint density at radius 2 is 2.10 bits per heavy atom. The van der Waals surface area contributed by atoms with Crippen LogP contribution in [0.2, 0.25) is 5.02 Å². The fraction of sp³-hybridized carbons (Fsp3) is 0.0714. The van der Waals surface area contributed by atoms with Crippen molar-refractivity contribution < 1.29 is 4.74 Å². The molecule has 2 heterocycles. The molecule has 1 aromatic carbocycles. The van der Waals surface area contributed by atoms with Gasteiger partial charge in [0.15, 0.2) is 0 Å². The average molecular weight is 304 g/mol. The Hall–Kier alpha value is -2.60. The molecule has 0 aliphatic carbocycles. The molecule has 0 radical (unpaired) electrons. The summed E-state index contributed by atoms with van der Waals surface area (Å²) in [5, 5.41) is 0.450. The molecular formula is C14H10ClN3O3. The van der Waals surface area contributed by atoms with E-state index < -0.39 is 11.1 Å². The largest absolute Gasteiger partial charge is 0.480 e. The lowest BCUT2D eigenvalue weighted by Gasteiger charge is -2.12. The SMILES string of the molecule is COc1ncccc1-n1c(=O)c(=O)[nH]c2ccc(Cl)cc21. The molecule has 0 saturated carbocycles. The van der Waals surface area contributed by atoms with E-state index >= 15 is 0 Å². The summed E-state index contributed by atoms with van der Waals surface area (Å²) in [7, 11) is 1.44. The summed E-state index contributed by atoms with van der Waals surface area (Å²) in [5.74, 6) is 0.242. The number of fused-ring (bicyclic) bond motifs is 1. The van der Waals surface area contributed by atoms with E-state index in [4.69, 9.17) is 16.3 Å². The molecule has 6 nitrogen and oxygen atoms in total. The Bertz CT molecular complexity index is 946.